The SMILES string of the molecule is C=CCCCCCCCc1cc(C(C)(C)C)ccc1C(C)(C)C. The summed E-state index contributed by atoms with van der Waals surface area (Å²) < 4.78 is 0. The van der Waals surface area contributed by atoms with Crippen molar-refractivity contribution in [3.63, 3.8) is 0 Å². The van der Waals surface area contributed by atoms with Crippen LogP contribution in [0.5, 0.6) is 0 Å². The number of aryl methyl sites for hydroxylation is 1. The van der Waals surface area contributed by atoms with Crippen LogP contribution < -0.4 is 0 Å². The summed E-state index contributed by atoms with van der Waals surface area (Å²) in [6, 6.07) is 7.18. The smallest absolute Gasteiger partial charge is 0.0129 e. The van der Waals surface area contributed by atoms with Gasteiger partial charge in [0, 0.05) is 0 Å². The highest BCUT2D eigenvalue weighted by Crippen LogP contribution is 2.31. The molecule has 1 aromatic carbocycles. The van der Waals surface area contributed by atoms with Crippen molar-refractivity contribution >= 4 is 0 Å². The van der Waals surface area contributed by atoms with Gasteiger partial charge in [-0.25, -0.2) is 0 Å². The van der Waals surface area contributed by atoms with Crippen LogP contribution in [-0.2, 0) is 17.3 Å². The first-order valence-electron chi connectivity index (χ1n) is 9.41. The van der Waals surface area contributed by atoms with E-state index in [0.29, 0.717) is 0 Å². The van der Waals surface area contributed by atoms with Crippen LogP contribution in [0.3, 0.4) is 0 Å². The molecule has 0 aliphatic heterocycles. The largest absolute Gasteiger partial charge is 0.103 e. The van der Waals surface area contributed by atoms with Gasteiger partial charge < -0.3 is 0 Å². The molecule has 0 atom stereocenters. The highest BCUT2D eigenvalue weighted by molar-refractivity contribution is 5.39. The molecule has 0 nitrogen and oxygen atoms in total. The number of allylic oxidation sites excluding steroid dienone is 1. The Labute approximate surface area is 145 Å². The minimum absolute atomic E-state index is 0.232. The normalized spacial score (nSPS) is 12.4. The zero-order chi connectivity index (χ0) is 17.5. The van der Waals surface area contributed by atoms with Crippen molar-refractivity contribution in [1.82, 2.24) is 0 Å². The molecule has 0 aliphatic carbocycles. The minimum Gasteiger partial charge on any atom is -0.103 e. The van der Waals surface area contributed by atoms with Gasteiger partial charge in [-0.15, -0.1) is 6.58 Å². The van der Waals surface area contributed by atoms with E-state index in [9.17, 15) is 0 Å². The van der Waals surface area contributed by atoms with Gasteiger partial charge in [-0.05, 0) is 53.2 Å². The standard InChI is InChI=1S/C23H38/c1-8-9-10-11-12-13-14-15-19-18-20(22(2,3)4)16-17-21(19)23(5,6)7/h8,16-18H,1,9-15H2,2-7H3. The lowest BCUT2D eigenvalue weighted by Gasteiger charge is -2.27. The lowest BCUT2D eigenvalue weighted by molar-refractivity contribution is 0.562. The zero-order valence-corrected chi connectivity index (χ0v) is 16.5. The van der Waals surface area contributed by atoms with Gasteiger partial charge >= 0.3 is 0 Å². The van der Waals surface area contributed by atoms with Gasteiger partial charge in [0.05, 0.1) is 0 Å². The van der Waals surface area contributed by atoms with Gasteiger partial charge in [-0.3, -0.25) is 0 Å². The first-order valence-corrected chi connectivity index (χ1v) is 9.41. The molecule has 0 fully saturated rings. The van der Waals surface area contributed by atoms with Crippen molar-refractivity contribution < 1.29 is 0 Å². The summed E-state index contributed by atoms with van der Waals surface area (Å²) >= 11 is 0. The molecular weight excluding hydrogens is 276 g/mol. The number of rotatable bonds is 8. The zero-order valence-electron chi connectivity index (χ0n) is 16.5. The molecule has 1 rings (SSSR count). The van der Waals surface area contributed by atoms with Crippen LogP contribution in [0.4, 0.5) is 0 Å². The third-order valence-corrected chi connectivity index (χ3v) is 4.63. The number of benzene rings is 1. The molecule has 0 radical (unpaired) electrons. The van der Waals surface area contributed by atoms with Crippen LogP contribution in [0.15, 0.2) is 30.9 Å². The summed E-state index contributed by atoms with van der Waals surface area (Å²) in [4.78, 5) is 0. The molecule has 0 aromatic heterocycles. The van der Waals surface area contributed by atoms with E-state index in [2.05, 4.69) is 66.3 Å². The van der Waals surface area contributed by atoms with E-state index in [-0.39, 0.29) is 10.8 Å². The van der Waals surface area contributed by atoms with Gasteiger partial charge in [-0.2, -0.15) is 0 Å². The molecule has 0 bridgehead atoms. The van der Waals surface area contributed by atoms with Gasteiger partial charge in [0.2, 0.25) is 0 Å². The molecule has 0 amide bonds. The topological polar surface area (TPSA) is 0 Å². The van der Waals surface area contributed by atoms with E-state index in [0.717, 1.165) is 0 Å². The molecule has 0 heteroatoms. The highest BCUT2D eigenvalue weighted by Gasteiger charge is 2.21. The minimum atomic E-state index is 0.232. The van der Waals surface area contributed by atoms with Crippen LogP contribution in [0.1, 0.15) is 96.8 Å². The molecule has 130 valence electrons. The maximum absolute atomic E-state index is 3.79. The van der Waals surface area contributed by atoms with Crippen molar-refractivity contribution in [2.75, 3.05) is 0 Å². The van der Waals surface area contributed by atoms with Crippen molar-refractivity contribution in [3.05, 3.63) is 47.5 Å². The van der Waals surface area contributed by atoms with E-state index in [1.165, 1.54) is 56.1 Å². The van der Waals surface area contributed by atoms with Crippen LogP contribution >= 0.6 is 0 Å². The summed E-state index contributed by atoms with van der Waals surface area (Å²) in [7, 11) is 0. The summed E-state index contributed by atoms with van der Waals surface area (Å²) in [5.41, 5.74) is 5.02. The molecule has 0 aliphatic rings. The highest BCUT2D eigenvalue weighted by atomic mass is 14.3. The van der Waals surface area contributed by atoms with Crippen molar-refractivity contribution in [3.8, 4) is 0 Å². The first-order chi connectivity index (χ1) is 10.7. The molecule has 1 aromatic rings. The maximum Gasteiger partial charge on any atom is -0.0129 e. The summed E-state index contributed by atoms with van der Waals surface area (Å²) in [5.74, 6) is 0. The van der Waals surface area contributed by atoms with E-state index < -0.39 is 0 Å². The van der Waals surface area contributed by atoms with Gasteiger partial charge in [-0.1, -0.05) is 85.1 Å². The quantitative estimate of drug-likeness (QED) is 0.347. The second kappa shape index (κ2) is 8.71. The predicted molar refractivity (Wildman–Crippen MR) is 105 cm³/mol. The molecule has 0 unspecified atom stereocenters. The fourth-order valence-electron chi connectivity index (χ4n) is 3.13. The summed E-state index contributed by atoms with van der Waals surface area (Å²) in [6.07, 6.45) is 11.1. The van der Waals surface area contributed by atoms with Crippen LogP contribution in [0, 0.1) is 0 Å². The number of hydrogen-bond acceptors (Lipinski definition) is 0. The van der Waals surface area contributed by atoms with Gasteiger partial charge in [0.15, 0.2) is 0 Å². The Kier molecular flexibility index (Phi) is 7.58. The second-order valence-corrected chi connectivity index (χ2v) is 8.97. The van der Waals surface area contributed by atoms with Crippen LogP contribution in [-0.4, -0.2) is 0 Å². The Morgan fingerprint density at radius 3 is 2.00 bits per heavy atom. The molecule has 0 saturated heterocycles. The van der Waals surface area contributed by atoms with Crippen molar-refractivity contribution in [2.24, 2.45) is 0 Å². The number of unbranched alkanes of at least 4 members (excludes halogenated alkanes) is 5. The first kappa shape index (κ1) is 20.0. The summed E-state index contributed by atoms with van der Waals surface area (Å²) in [6.45, 7) is 17.7. The average Bonchev–Trinajstić information content (AvgIpc) is 2.44. The molecule has 23 heavy (non-hydrogen) atoms. The van der Waals surface area contributed by atoms with E-state index in [1.807, 2.05) is 6.08 Å². The Morgan fingerprint density at radius 1 is 0.826 bits per heavy atom. The molecule has 0 saturated carbocycles. The van der Waals surface area contributed by atoms with Gasteiger partial charge in [0.1, 0.15) is 0 Å². The Bertz CT molecular complexity index is 480. The summed E-state index contributed by atoms with van der Waals surface area (Å²) in [5, 5.41) is 0. The third kappa shape index (κ3) is 6.94. The predicted octanol–water partition coefficient (Wildman–Crippen LogP) is 7.35. The van der Waals surface area contributed by atoms with Crippen LogP contribution in [0.25, 0.3) is 0 Å². The number of hydrogen-bond donors (Lipinski definition) is 0. The molecule has 0 N–H and O–H groups in total. The third-order valence-electron chi connectivity index (χ3n) is 4.63. The van der Waals surface area contributed by atoms with E-state index in [1.54, 1.807) is 5.56 Å². The fraction of sp³-hybridized carbons (Fsp3) is 0.652. The lowest BCUT2D eigenvalue weighted by Crippen LogP contribution is -2.17. The molecule has 0 heterocycles. The van der Waals surface area contributed by atoms with Gasteiger partial charge in [0.25, 0.3) is 0 Å². The van der Waals surface area contributed by atoms with Crippen molar-refractivity contribution in [2.45, 2.75) is 97.3 Å². The maximum atomic E-state index is 3.79. The lowest BCUT2D eigenvalue weighted by atomic mass is 9.78. The Morgan fingerprint density at radius 2 is 1.43 bits per heavy atom. The van der Waals surface area contributed by atoms with E-state index in [4.69, 9.17) is 0 Å². The second-order valence-electron chi connectivity index (χ2n) is 8.97. The fourth-order valence-corrected chi connectivity index (χ4v) is 3.13. The Hall–Kier alpha value is -1.04. The Balaban J connectivity index is 2.72. The van der Waals surface area contributed by atoms with Crippen LogP contribution in [0.2, 0.25) is 0 Å². The van der Waals surface area contributed by atoms with Crippen molar-refractivity contribution in [1.29, 1.82) is 0 Å². The molecular formula is C23H38. The average molecular weight is 315 g/mol. The monoisotopic (exact) mass is 314 g/mol. The molecule has 0 spiro atoms. The van der Waals surface area contributed by atoms with E-state index >= 15 is 0 Å².